The van der Waals surface area contributed by atoms with Crippen molar-refractivity contribution in [2.75, 3.05) is 61.1 Å². The molecule has 260 valence electrons. The molecule has 2 saturated heterocycles. The normalized spacial score (nSPS) is 18.0. The van der Waals surface area contributed by atoms with E-state index in [1.165, 1.54) is 40.3 Å². The average Bonchev–Trinajstić information content (AvgIpc) is 3.49. The summed E-state index contributed by atoms with van der Waals surface area (Å²) in [5, 5.41) is 3.25. The lowest BCUT2D eigenvalue weighted by Gasteiger charge is -2.43. The molecule has 11 nitrogen and oxygen atoms in total. The number of thiophene rings is 1. The largest absolute Gasteiger partial charge is 0.461 e. The second-order valence-corrected chi connectivity index (χ2v) is 14.7. The molecule has 4 aliphatic rings. The number of aromatic nitrogens is 2. The summed E-state index contributed by atoms with van der Waals surface area (Å²) in [6, 6.07) is 12.1. The Balaban J connectivity index is 1.07. The van der Waals surface area contributed by atoms with E-state index in [9.17, 15) is 14.4 Å². The third kappa shape index (κ3) is 6.20. The van der Waals surface area contributed by atoms with Crippen LogP contribution in [0.3, 0.4) is 0 Å². The minimum absolute atomic E-state index is 0.000873. The van der Waals surface area contributed by atoms with Crippen LogP contribution in [0.15, 0.2) is 53.6 Å². The van der Waals surface area contributed by atoms with Crippen LogP contribution in [0.5, 0.6) is 0 Å². The minimum Gasteiger partial charge on any atom is -0.461 e. The summed E-state index contributed by atoms with van der Waals surface area (Å²) in [6.07, 6.45) is 8.88. The van der Waals surface area contributed by atoms with E-state index in [0.717, 1.165) is 85.9 Å². The van der Waals surface area contributed by atoms with Gasteiger partial charge >= 0.3 is 5.97 Å². The smallest absolute Gasteiger partial charge is 0.302 e. The number of amides is 1. The van der Waals surface area contributed by atoms with Crippen LogP contribution in [-0.2, 0) is 47.2 Å². The maximum absolute atomic E-state index is 14.1. The first-order chi connectivity index (χ1) is 24.3. The zero-order valence-electron chi connectivity index (χ0n) is 28.6. The highest BCUT2D eigenvalue weighted by Crippen LogP contribution is 2.41. The molecule has 12 heteroatoms. The first-order valence-corrected chi connectivity index (χ1v) is 18.4. The predicted molar refractivity (Wildman–Crippen MR) is 195 cm³/mol. The molecule has 1 aliphatic carbocycles. The van der Waals surface area contributed by atoms with Gasteiger partial charge in [0.25, 0.3) is 11.5 Å². The van der Waals surface area contributed by atoms with Gasteiger partial charge in [-0.05, 0) is 73.1 Å². The summed E-state index contributed by atoms with van der Waals surface area (Å²) in [7, 11) is 1.72. The fraction of sp³-hybridized carbons (Fsp3) is 0.421. The van der Waals surface area contributed by atoms with Crippen molar-refractivity contribution in [3.8, 4) is 11.1 Å². The number of rotatable bonds is 8. The van der Waals surface area contributed by atoms with Crippen LogP contribution in [0.25, 0.3) is 11.1 Å². The first kappa shape index (κ1) is 32.7. The van der Waals surface area contributed by atoms with E-state index < -0.39 is 5.97 Å². The number of pyridine rings is 2. The van der Waals surface area contributed by atoms with Crippen LogP contribution >= 0.6 is 11.3 Å². The van der Waals surface area contributed by atoms with E-state index in [1.807, 2.05) is 41.4 Å². The zero-order chi connectivity index (χ0) is 34.4. The Labute approximate surface area is 295 Å². The first-order valence-electron chi connectivity index (χ1n) is 17.6. The Morgan fingerprint density at radius 1 is 1.02 bits per heavy atom. The lowest BCUT2D eigenvalue weighted by molar-refractivity contribution is -0.142. The second kappa shape index (κ2) is 13.7. The van der Waals surface area contributed by atoms with E-state index in [1.54, 1.807) is 30.6 Å². The Hall–Kier alpha value is -4.52. The molecule has 0 radical (unpaired) electrons. The number of fused-ring (bicyclic) bond motifs is 3. The number of ether oxygens (including phenoxy) is 2. The summed E-state index contributed by atoms with van der Waals surface area (Å²) >= 11 is 1.65. The summed E-state index contributed by atoms with van der Waals surface area (Å²) in [6.45, 7) is 7.46. The monoisotopic (exact) mass is 694 g/mol. The van der Waals surface area contributed by atoms with Crippen LogP contribution in [0.2, 0.25) is 0 Å². The van der Waals surface area contributed by atoms with Gasteiger partial charge in [-0.25, -0.2) is 4.98 Å². The average molecular weight is 695 g/mol. The Morgan fingerprint density at radius 3 is 2.58 bits per heavy atom. The molecule has 50 heavy (non-hydrogen) atoms. The predicted octanol–water partition coefficient (Wildman–Crippen LogP) is 4.92. The van der Waals surface area contributed by atoms with E-state index >= 15 is 0 Å². The van der Waals surface area contributed by atoms with E-state index in [2.05, 4.69) is 20.1 Å². The van der Waals surface area contributed by atoms with E-state index in [4.69, 9.17) is 9.47 Å². The highest BCUT2D eigenvalue weighted by Gasteiger charge is 2.34. The standard InChI is InChI=1S/C38H42N6O5S/c1-24(45)49-23-31-28(7-5-8-33(31)44-13-12-30-29-6-3-4-9-34(29)50-36(30)38(44)47)25-18-32(37(46)41(2)20-25)40-35-11-10-26(19-39-35)42-14-16-43(17-15-42)27-21-48-22-27/h5,7-8,10-11,18-20,27H,3-4,6,9,12-17,21-23H2,1-2H3,(H,39,40). The number of esters is 1. The molecule has 2 fully saturated rings. The number of carbonyl (C=O) groups is 2. The summed E-state index contributed by atoms with van der Waals surface area (Å²) < 4.78 is 12.5. The van der Waals surface area contributed by atoms with Crippen molar-refractivity contribution >= 4 is 46.1 Å². The molecule has 4 aromatic rings. The topological polar surface area (TPSA) is 109 Å². The van der Waals surface area contributed by atoms with Gasteiger partial charge in [-0.1, -0.05) is 12.1 Å². The van der Waals surface area contributed by atoms with Crippen molar-refractivity contribution < 1.29 is 19.1 Å². The van der Waals surface area contributed by atoms with Gasteiger partial charge < -0.3 is 29.2 Å². The molecule has 6 heterocycles. The van der Waals surface area contributed by atoms with Gasteiger partial charge in [0.15, 0.2) is 0 Å². The van der Waals surface area contributed by atoms with Gasteiger partial charge in [-0.2, -0.15) is 0 Å². The molecule has 0 spiro atoms. The molecule has 1 N–H and O–H groups in total. The van der Waals surface area contributed by atoms with Crippen LogP contribution in [0.1, 0.15) is 51.0 Å². The van der Waals surface area contributed by atoms with E-state index in [0.29, 0.717) is 29.8 Å². The summed E-state index contributed by atoms with van der Waals surface area (Å²) in [5.41, 5.74) is 6.81. The Morgan fingerprint density at radius 2 is 1.84 bits per heavy atom. The van der Waals surface area contributed by atoms with Crippen molar-refractivity contribution in [3.05, 3.63) is 85.6 Å². The minimum atomic E-state index is -0.406. The van der Waals surface area contributed by atoms with Gasteiger partial charge in [0.2, 0.25) is 0 Å². The number of anilines is 4. The van der Waals surface area contributed by atoms with Gasteiger partial charge in [0, 0.05) is 68.9 Å². The van der Waals surface area contributed by atoms with E-state index in [-0.39, 0.29) is 18.1 Å². The summed E-state index contributed by atoms with van der Waals surface area (Å²) in [5.74, 6) is 0.158. The van der Waals surface area contributed by atoms with Crippen LogP contribution in [-0.4, -0.2) is 78.3 Å². The molecule has 0 bridgehead atoms. The summed E-state index contributed by atoms with van der Waals surface area (Å²) in [4.78, 5) is 53.0. The van der Waals surface area contributed by atoms with Crippen molar-refractivity contribution in [3.63, 3.8) is 0 Å². The second-order valence-electron chi connectivity index (χ2n) is 13.6. The fourth-order valence-electron chi connectivity index (χ4n) is 7.68. The Kier molecular flexibility index (Phi) is 8.92. The molecule has 3 aliphatic heterocycles. The number of hydrogen-bond donors (Lipinski definition) is 1. The maximum Gasteiger partial charge on any atom is 0.302 e. The van der Waals surface area contributed by atoms with Crippen LogP contribution in [0.4, 0.5) is 22.9 Å². The number of benzene rings is 1. The molecule has 3 aromatic heterocycles. The number of hydrogen-bond acceptors (Lipinski definition) is 10. The number of nitrogens with zero attached hydrogens (tertiary/aromatic N) is 5. The quantitative estimate of drug-likeness (QED) is 0.257. The van der Waals surface area contributed by atoms with Crippen molar-refractivity contribution in [1.29, 1.82) is 0 Å². The lowest BCUT2D eigenvalue weighted by atomic mass is 9.91. The van der Waals surface area contributed by atoms with Crippen molar-refractivity contribution in [2.24, 2.45) is 7.05 Å². The molecular formula is C38H42N6O5S. The molecular weight excluding hydrogens is 653 g/mol. The van der Waals surface area contributed by atoms with Crippen molar-refractivity contribution in [1.82, 2.24) is 14.5 Å². The third-order valence-corrected chi connectivity index (χ3v) is 11.8. The molecule has 1 aromatic carbocycles. The number of piperazine rings is 1. The van der Waals surface area contributed by atoms with Gasteiger partial charge in [0.05, 0.1) is 41.7 Å². The number of aryl methyl sites for hydroxylation is 2. The number of nitrogens with one attached hydrogen (secondary N) is 1. The van der Waals surface area contributed by atoms with Crippen molar-refractivity contribution in [2.45, 2.75) is 51.7 Å². The molecule has 8 rings (SSSR count). The molecule has 0 atom stereocenters. The van der Waals surface area contributed by atoms with Gasteiger partial charge in [-0.15, -0.1) is 11.3 Å². The highest BCUT2D eigenvalue weighted by molar-refractivity contribution is 7.14. The van der Waals surface area contributed by atoms with Crippen LogP contribution in [0, 0.1) is 0 Å². The zero-order valence-corrected chi connectivity index (χ0v) is 29.4. The lowest BCUT2D eigenvalue weighted by Crippen LogP contribution is -2.56. The molecule has 1 amide bonds. The SMILES string of the molecule is CC(=O)OCc1c(-c2cc(Nc3ccc(N4CCN(C5COC5)CC4)cn3)c(=O)n(C)c2)cccc1N1CCc2c(sc3c2CCCC3)C1=O. The third-order valence-electron chi connectivity index (χ3n) is 10.5. The van der Waals surface area contributed by atoms with Gasteiger partial charge in [0.1, 0.15) is 18.1 Å². The maximum atomic E-state index is 14.1. The highest BCUT2D eigenvalue weighted by atomic mass is 32.1. The Bertz CT molecular complexity index is 1990. The number of carbonyl (C=O) groups excluding carboxylic acids is 2. The molecule has 0 unspecified atom stereocenters. The van der Waals surface area contributed by atoms with Crippen LogP contribution < -0.4 is 20.7 Å². The van der Waals surface area contributed by atoms with Gasteiger partial charge in [-0.3, -0.25) is 19.3 Å². The molecule has 0 saturated carbocycles. The fourth-order valence-corrected chi connectivity index (χ4v) is 9.07.